The van der Waals surface area contributed by atoms with Crippen molar-refractivity contribution in [3.63, 3.8) is 0 Å². The minimum atomic E-state index is -0.538. The van der Waals surface area contributed by atoms with Crippen molar-refractivity contribution in [3.05, 3.63) is 126 Å². The van der Waals surface area contributed by atoms with Crippen LogP contribution in [0, 0.1) is 0 Å². The van der Waals surface area contributed by atoms with Crippen molar-refractivity contribution in [2.45, 2.75) is 19.3 Å². The number of benzene rings is 4. The van der Waals surface area contributed by atoms with Crippen LogP contribution in [0.3, 0.4) is 0 Å². The van der Waals surface area contributed by atoms with Crippen LogP contribution < -0.4 is 15.9 Å². The van der Waals surface area contributed by atoms with Crippen LogP contribution in [0.15, 0.2) is 115 Å². The molecule has 0 amide bonds. The van der Waals surface area contributed by atoms with E-state index in [-0.39, 0.29) is 0 Å². The second-order valence-electron chi connectivity index (χ2n) is 6.97. The fraction of sp³-hybridized carbons (Fsp3) is 0.111. The summed E-state index contributed by atoms with van der Waals surface area (Å²) in [4.78, 5) is 0. The van der Waals surface area contributed by atoms with Crippen molar-refractivity contribution in [1.82, 2.24) is 0 Å². The maximum Gasteiger partial charge on any atom is -0.0119 e. The van der Waals surface area contributed by atoms with Gasteiger partial charge in [0.15, 0.2) is 0 Å². The van der Waals surface area contributed by atoms with Gasteiger partial charge in [-0.2, -0.15) is 0 Å². The van der Waals surface area contributed by atoms with Crippen molar-refractivity contribution in [2.75, 3.05) is 0 Å². The molecule has 4 aromatic carbocycles. The zero-order chi connectivity index (χ0) is 19.0. The van der Waals surface area contributed by atoms with E-state index in [1.807, 2.05) is 0 Å². The van der Waals surface area contributed by atoms with E-state index < -0.39 is 7.92 Å². The number of hydrogen-bond acceptors (Lipinski definition) is 0. The van der Waals surface area contributed by atoms with Gasteiger partial charge in [-0.15, -0.1) is 0 Å². The Labute approximate surface area is 169 Å². The SMILES string of the molecule is c1ccc(CCCc2ccccc2P(c2ccccc2)c2ccccc2)cc1. The molecule has 1 heteroatoms. The molecule has 4 aromatic rings. The largest absolute Gasteiger partial charge is 0.0622 e. The van der Waals surface area contributed by atoms with E-state index in [2.05, 4.69) is 115 Å². The van der Waals surface area contributed by atoms with Gasteiger partial charge >= 0.3 is 0 Å². The van der Waals surface area contributed by atoms with Crippen molar-refractivity contribution < 1.29 is 0 Å². The first-order valence-electron chi connectivity index (χ1n) is 9.94. The Kier molecular flexibility index (Phi) is 6.32. The zero-order valence-electron chi connectivity index (χ0n) is 16.0. The smallest absolute Gasteiger partial charge is 0.0119 e. The number of rotatable bonds is 7. The molecule has 0 aliphatic carbocycles. The summed E-state index contributed by atoms with van der Waals surface area (Å²) in [6.45, 7) is 0. The van der Waals surface area contributed by atoms with Crippen LogP contribution in [0.4, 0.5) is 0 Å². The lowest BCUT2D eigenvalue weighted by molar-refractivity contribution is 0.824. The fourth-order valence-corrected chi connectivity index (χ4v) is 6.15. The highest BCUT2D eigenvalue weighted by Gasteiger charge is 2.18. The molecule has 4 rings (SSSR count). The highest BCUT2D eigenvalue weighted by Crippen LogP contribution is 2.34. The standard InChI is InChI=1S/C27H25P/c1-4-13-23(14-5-1)15-12-17-24-16-10-11-22-27(24)28(25-18-6-2-7-19-25)26-20-8-3-9-21-26/h1-11,13-14,16,18-22H,12,15,17H2. The molecule has 0 unspecified atom stereocenters. The minimum Gasteiger partial charge on any atom is -0.0622 e. The molecule has 0 aliphatic rings. The average Bonchev–Trinajstić information content (AvgIpc) is 2.77. The summed E-state index contributed by atoms with van der Waals surface area (Å²) >= 11 is 0. The Morgan fingerprint density at radius 2 is 0.964 bits per heavy atom. The topological polar surface area (TPSA) is 0 Å². The average molecular weight is 380 g/mol. The quantitative estimate of drug-likeness (QED) is 0.365. The van der Waals surface area contributed by atoms with Crippen molar-refractivity contribution in [1.29, 1.82) is 0 Å². The summed E-state index contributed by atoms with van der Waals surface area (Å²) in [6.07, 6.45) is 3.42. The fourth-order valence-electron chi connectivity index (χ4n) is 3.65. The van der Waals surface area contributed by atoms with E-state index in [1.165, 1.54) is 33.5 Å². The van der Waals surface area contributed by atoms with E-state index in [0.29, 0.717) is 0 Å². The Morgan fingerprint density at radius 3 is 1.57 bits per heavy atom. The van der Waals surface area contributed by atoms with E-state index in [4.69, 9.17) is 0 Å². The second-order valence-corrected chi connectivity index (χ2v) is 9.16. The van der Waals surface area contributed by atoms with Crippen LogP contribution in [0.2, 0.25) is 0 Å². The lowest BCUT2D eigenvalue weighted by Gasteiger charge is -2.22. The van der Waals surface area contributed by atoms with Crippen molar-refractivity contribution >= 4 is 23.8 Å². The molecule has 138 valence electrons. The molecular formula is C27H25P. The number of hydrogen-bond donors (Lipinski definition) is 0. The Balaban J connectivity index is 1.64. The van der Waals surface area contributed by atoms with Crippen LogP contribution in [-0.4, -0.2) is 0 Å². The predicted molar refractivity (Wildman–Crippen MR) is 124 cm³/mol. The molecule has 0 spiro atoms. The Bertz CT molecular complexity index is 939. The third kappa shape index (κ3) is 4.58. The molecule has 0 aromatic heterocycles. The van der Waals surface area contributed by atoms with Crippen molar-refractivity contribution in [2.24, 2.45) is 0 Å². The molecular weight excluding hydrogens is 355 g/mol. The lowest BCUT2D eigenvalue weighted by Crippen LogP contribution is -2.23. The number of aryl methyl sites for hydroxylation is 2. The van der Waals surface area contributed by atoms with Crippen LogP contribution in [0.25, 0.3) is 0 Å². The first-order valence-corrected chi connectivity index (χ1v) is 11.3. The molecule has 0 radical (unpaired) electrons. The van der Waals surface area contributed by atoms with Crippen LogP contribution in [0.5, 0.6) is 0 Å². The molecule has 0 saturated carbocycles. The minimum absolute atomic E-state index is 0.538. The maximum atomic E-state index is 2.34. The van der Waals surface area contributed by atoms with Gasteiger partial charge in [0, 0.05) is 0 Å². The molecule has 0 aliphatic heterocycles. The van der Waals surface area contributed by atoms with Gasteiger partial charge in [0.25, 0.3) is 0 Å². The lowest BCUT2D eigenvalue weighted by atomic mass is 10.0. The normalized spacial score (nSPS) is 10.9. The molecule has 0 N–H and O–H groups in total. The van der Waals surface area contributed by atoms with E-state index in [1.54, 1.807) is 0 Å². The summed E-state index contributed by atoms with van der Waals surface area (Å²) in [5.41, 5.74) is 2.91. The van der Waals surface area contributed by atoms with Crippen LogP contribution in [0.1, 0.15) is 17.5 Å². The zero-order valence-corrected chi connectivity index (χ0v) is 16.9. The van der Waals surface area contributed by atoms with Gasteiger partial charge in [-0.3, -0.25) is 0 Å². The predicted octanol–water partition coefficient (Wildman–Crippen LogP) is 5.62. The molecule has 0 nitrogen and oxygen atoms in total. The van der Waals surface area contributed by atoms with Gasteiger partial charge in [0.05, 0.1) is 0 Å². The summed E-state index contributed by atoms with van der Waals surface area (Å²) < 4.78 is 0. The van der Waals surface area contributed by atoms with Gasteiger partial charge in [-0.1, -0.05) is 115 Å². The third-order valence-electron chi connectivity index (χ3n) is 5.02. The molecule has 0 fully saturated rings. The van der Waals surface area contributed by atoms with E-state index in [9.17, 15) is 0 Å². The summed E-state index contributed by atoms with van der Waals surface area (Å²) in [5, 5.41) is 4.32. The third-order valence-corrected chi connectivity index (χ3v) is 7.56. The van der Waals surface area contributed by atoms with Gasteiger partial charge in [-0.25, -0.2) is 0 Å². The van der Waals surface area contributed by atoms with E-state index in [0.717, 1.165) is 12.8 Å². The van der Waals surface area contributed by atoms with Crippen LogP contribution in [-0.2, 0) is 12.8 Å². The second kappa shape index (κ2) is 9.49. The van der Waals surface area contributed by atoms with Gasteiger partial charge in [0.1, 0.15) is 0 Å². The van der Waals surface area contributed by atoms with Gasteiger partial charge in [0.2, 0.25) is 0 Å². The van der Waals surface area contributed by atoms with Crippen molar-refractivity contribution in [3.8, 4) is 0 Å². The molecule has 0 heterocycles. The molecule has 0 saturated heterocycles. The first kappa shape index (κ1) is 18.7. The molecule has 0 atom stereocenters. The Morgan fingerprint density at radius 1 is 0.464 bits per heavy atom. The molecule has 0 bridgehead atoms. The van der Waals surface area contributed by atoms with Gasteiger partial charge in [-0.05, 0) is 54.2 Å². The molecule has 28 heavy (non-hydrogen) atoms. The highest BCUT2D eigenvalue weighted by molar-refractivity contribution is 7.79. The maximum absolute atomic E-state index is 2.34. The summed E-state index contributed by atoms with van der Waals surface area (Å²) in [5.74, 6) is 0. The van der Waals surface area contributed by atoms with Crippen LogP contribution >= 0.6 is 7.92 Å². The van der Waals surface area contributed by atoms with Gasteiger partial charge < -0.3 is 0 Å². The summed E-state index contributed by atoms with van der Waals surface area (Å²) in [7, 11) is -0.538. The monoisotopic (exact) mass is 380 g/mol. The Hall–Kier alpha value is -2.69. The summed E-state index contributed by atoms with van der Waals surface area (Å²) in [6, 6.07) is 41.8. The van der Waals surface area contributed by atoms with E-state index >= 15 is 0 Å². The highest BCUT2D eigenvalue weighted by atomic mass is 31.1. The first-order chi connectivity index (χ1) is 13.9.